The maximum atomic E-state index is 13.6. The van der Waals surface area contributed by atoms with Gasteiger partial charge in [-0.1, -0.05) is 131 Å². The smallest absolute Gasteiger partial charge is 0.423 e. The quantitative estimate of drug-likeness (QED) is 0.195. The average Bonchev–Trinajstić information content (AvgIpc) is 3.19. The third-order valence-corrected chi connectivity index (χ3v) is 6.92. The van der Waals surface area contributed by atoms with Crippen molar-refractivity contribution in [2.75, 3.05) is 0 Å². The van der Waals surface area contributed by atoms with Crippen LogP contribution in [0.15, 0.2) is 124 Å². The summed E-state index contributed by atoms with van der Waals surface area (Å²) in [6, 6.07) is 37.2. The van der Waals surface area contributed by atoms with Gasteiger partial charge in [0.25, 0.3) is 0 Å². The van der Waals surface area contributed by atoms with E-state index in [4.69, 9.17) is 4.42 Å². The van der Waals surface area contributed by atoms with Crippen molar-refractivity contribution in [1.29, 1.82) is 0 Å². The molecule has 174 valence electrons. The summed E-state index contributed by atoms with van der Waals surface area (Å²) in [6.45, 7) is 0. The molecular formula is C30H24BrNO3. The lowest BCUT2D eigenvalue weighted by Gasteiger charge is -2.36. The second-order valence-electron chi connectivity index (χ2n) is 8.39. The number of rotatable bonds is 7. The van der Waals surface area contributed by atoms with Crippen LogP contribution in [-0.2, 0) is 17.3 Å². The van der Waals surface area contributed by atoms with Gasteiger partial charge in [-0.15, -0.1) is 0 Å². The Balaban J connectivity index is 1.79. The molecule has 0 aliphatic rings. The highest BCUT2D eigenvalue weighted by Crippen LogP contribution is 2.43. The van der Waals surface area contributed by atoms with Gasteiger partial charge in [0.05, 0.1) is 0 Å². The van der Waals surface area contributed by atoms with E-state index in [1.54, 1.807) is 0 Å². The van der Waals surface area contributed by atoms with Crippen LogP contribution in [-0.4, -0.2) is 9.67 Å². The van der Waals surface area contributed by atoms with Crippen molar-refractivity contribution < 1.29 is 9.52 Å². The third kappa shape index (κ3) is 4.13. The van der Waals surface area contributed by atoms with E-state index in [9.17, 15) is 9.90 Å². The lowest BCUT2D eigenvalue weighted by molar-refractivity contribution is 0.365. The van der Waals surface area contributed by atoms with Crippen molar-refractivity contribution in [2.45, 2.75) is 17.3 Å². The first-order chi connectivity index (χ1) is 17.1. The highest BCUT2D eigenvalue weighted by atomic mass is 79.9. The molecule has 0 unspecified atom stereocenters. The van der Waals surface area contributed by atoms with Gasteiger partial charge in [-0.2, -0.15) is 0 Å². The Kier molecular flexibility index (Phi) is 6.43. The van der Waals surface area contributed by atoms with Crippen molar-refractivity contribution >= 4 is 15.9 Å². The zero-order chi connectivity index (χ0) is 24.3. The molecule has 35 heavy (non-hydrogen) atoms. The molecule has 1 heterocycles. The second kappa shape index (κ2) is 9.80. The first-order valence-corrected chi connectivity index (χ1v) is 12.5. The second-order valence-corrected chi connectivity index (χ2v) is 8.95. The van der Waals surface area contributed by atoms with Crippen molar-refractivity contribution in [2.24, 2.45) is 0 Å². The Morgan fingerprint density at radius 1 is 0.714 bits per heavy atom. The number of alkyl halides is 1. The molecule has 4 nitrogen and oxygen atoms in total. The summed E-state index contributed by atoms with van der Waals surface area (Å²) in [4.78, 5) is 13.6. The molecule has 0 aliphatic heterocycles. The van der Waals surface area contributed by atoms with E-state index in [0.29, 0.717) is 6.42 Å². The van der Waals surface area contributed by atoms with Gasteiger partial charge >= 0.3 is 5.76 Å². The lowest BCUT2D eigenvalue weighted by Crippen LogP contribution is -2.42. The Bertz CT molecular complexity index is 1380. The summed E-state index contributed by atoms with van der Waals surface area (Å²) in [7, 11) is 0. The van der Waals surface area contributed by atoms with Gasteiger partial charge in [0, 0.05) is 11.8 Å². The molecule has 0 atom stereocenters. The molecule has 0 saturated carbocycles. The van der Waals surface area contributed by atoms with Gasteiger partial charge in [0.2, 0.25) is 5.88 Å². The normalized spacial score (nSPS) is 11.5. The zero-order valence-electron chi connectivity index (χ0n) is 19.0. The average molecular weight is 526 g/mol. The fourth-order valence-electron chi connectivity index (χ4n) is 4.75. The van der Waals surface area contributed by atoms with Gasteiger partial charge in [-0.05, 0) is 27.8 Å². The molecule has 4 aromatic carbocycles. The summed E-state index contributed by atoms with van der Waals surface area (Å²) in [5.41, 5.74) is 3.43. The van der Waals surface area contributed by atoms with Gasteiger partial charge in [-0.25, -0.2) is 9.36 Å². The van der Waals surface area contributed by atoms with E-state index in [2.05, 4.69) is 15.9 Å². The fraction of sp³-hybridized carbons (Fsp3) is 0.100. The number of aromatic hydroxyl groups is 1. The standard InChI is InChI=1S/C30H24BrNO3/c31-21-23-12-10-11-22(19-23)20-27-28(33)32(29(34)35-27)30(24-13-4-1-5-14-24,25-15-6-2-7-16-25)26-17-8-3-9-18-26/h1-19,33H,20-21H2. The molecule has 0 aliphatic carbocycles. The van der Waals surface area contributed by atoms with Crippen LogP contribution < -0.4 is 5.76 Å². The Hall–Kier alpha value is -3.83. The van der Waals surface area contributed by atoms with Crippen LogP contribution in [0.1, 0.15) is 33.6 Å². The lowest BCUT2D eigenvalue weighted by atomic mass is 9.76. The molecule has 0 radical (unpaired) electrons. The van der Waals surface area contributed by atoms with Crippen LogP contribution in [0.2, 0.25) is 0 Å². The van der Waals surface area contributed by atoms with Gasteiger partial charge in [0.15, 0.2) is 5.76 Å². The minimum Gasteiger partial charge on any atom is -0.492 e. The Morgan fingerprint density at radius 2 is 1.20 bits per heavy atom. The molecule has 5 heteroatoms. The van der Waals surface area contributed by atoms with Crippen LogP contribution >= 0.6 is 15.9 Å². The molecule has 5 rings (SSSR count). The van der Waals surface area contributed by atoms with E-state index in [-0.39, 0.29) is 11.6 Å². The van der Waals surface area contributed by atoms with Crippen LogP contribution in [0.25, 0.3) is 0 Å². The summed E-state index contributed by atoms with van der Waals surface area (Å²) in [6.07, 6.45) is 0.295. The first kappa shape index (κ1) is 22.9. The predicted molar refractivity (Wildman–Crippen MR) is 141 cm³/mol. The number of hydrogen-bond acceptors (Lipinski definition) is 3. The Labute approximate surface area is 212 Å². The van der Waals surface area contributed by atoms with Crippen molar-refractivity contribution in [3.8, 4) is 5.88 Å². The molecular weight excluding hydrogens is 502 g/mol. The Morgan fingerprint density at radius 3 is 1.69 bits per heavy atom. The number of nitrogens with zero attached hydrogens (tertiary/aromatic N) is 1. The largest absolute Gasteiger partial charge is 0.492 e. The molecule has 0 saturated heterocycles. The fourth-order valence-corrected chi connectivity index (χ4v) is 5.10. The van der Waals surface area contributed by atoms with Crippen molar-refractivity contribution in [3.05, 3.63) is 159 Å². The van der Waals surface area contributed by atoms with E-state index < -0.39 is 11.3 Å². The molecule has 0 spiro atoms. The summed E-state index contributed by atoms with van der Waals surface area (Å²) >= 11 is 3.48. The summed E-state index contributed by atoms with van der Waals surface area (Å²) < 4.78 is 7.12. The molecule has 0 bridgehead atoms. The van der Waals surface area contributed by atoms with Crippen LogP contribution in [0.5, 0.6) is 5.88 Å². The zero-order valence-corrected chi connectivity index (χ0v) is 20.6. The number of aromatic nitrogens is 1. The predicted octanol–water partition coefficient (Wildman–Crippen LogP) is 6.47. The molecule has 0 fully saturated rings. The molecule has 1 aromatic heterocycles. The van der Waals surface area contributed by atoms with Crippen molar-refractivity contribution in [1.82, 2.24) is 4.57 Å². The van der Waals surface area contributed by atoms with Gasteiger partial charge in [-0.3, -0.25) is 0 Å². The molecule has 1 N–H and O–H groups in total. The van der Waals surface area contributed by atoms with E-state index >= 15 is 0 Å². The first-order valence-electron chi connectivity index (χ1n) is 11.4. The van der Waals surface area contributed by atoms with Crippen LogP contribution in [0, 0.1) is 0 Å². The third-order valence-electron chi connectivity index (χ3n) is 6.27. The van der Waals surface area contributed by atoms with Crippen molar-refractivity contribution in [3.63, 3.8) is 0 Å². The number of benzene rings is 4. The summed E-state index contributed by atoms with van der Waals surface area (Å²) in [5.74, 6) is -0.574. The maximum absolute atomic E-state index is 13.6. The van der Waals surface area contributed by atoms with Gasteiger partial charge < -0.3 is 9.52 Å². The van der Waals surface area contributed by atoms with Crippen LogP contribution in [0.4, 0.5) is 0 Å². The van der Waals surface area contributed by atoms with Crippen LogP contribution in [0.3, 0.4) is 0 Å². The number of halogens is 1. The SMILES string of the molecule is O=c1oc(Cc2cccc(CBr)c2)c(O)n1C(c1ccccc1)(c1ccccc1)c1ccccc1. The molecule has 0 amide bonds. The highest BCUT2D eigenvalue weighted by molar-refractivity contribution is 9.08. The van der Waals surface area contributed by atoms with Gasteiger partial charge in [0.1, 0.15) is 5.54 Å². The number of oxazole rings is 1. The monoisotopic (exact) mass is 525 g/mol. The maximum Gasteiger partial charge on any atom is 0.423 e. The number of hydrogen-bond donors (Lipinski definition) is 1. The highest BCUT2D eigenvalue weighted by Gasteiger charge is 2.43. The van der Waals surface area contributed by atoms with E-state index in [0.717, 1.165) is 33.1 Å². The topological polar surface area (TPSA) is 55.4 Å². The summed E-state index contributed by atoms with van der Waals surface area (Å²) in [5, 5.41) is 12.3. The minimum absolute atomic E-state index is 0.184. The molecule has 5 aromatic rings. The minimum atomic E-state index is -1.13. The van der Waals surface area contributed by atoms with E-state index in [1.165, 1.54) is 4.57 Å². The van der Waals surface area contributed by atoms with E-state index in [1.807, 2.05) is 115 Å².